The van der Waals surface area contributed by atoms with Gasteiger partial charge in [-0.2, -0.15) is 0 Å². The Labute approximate surface area is 183 Å². The zero-order valence-electron chi connectivity index (χ0n) is 18.5. The number of carbonyl (C=O) groups excluding carboxylic acids is 2. The summed E-state index contributed by atoms with van der Waals surface area (Å²) in [5.74, 6) is 5.14. The Kier molecular flexibility index (Phi) is 6.62. The molecule has 168 valence electrons. The van der Waals surface area contributed by atoms with Crippen LogP contribution in [0.4, 0.5) is 0 Å². The average Bonchev–Trinajstić information content (AvgIpc) is 3.43. The second-order valence-corrected chi connectivity index (χ2v) is 8.76. The molecular weight excluding hydrogens is 394 g/mol. The first-order chi connectivity index (χ1) is 15.1. The largest absolute Gasteiger partial charge is 0.462 e. The monoisotopic (exact) mass is 427 g/mol. The predicted molar refractivity (Wildman–Crippen MR) is 119 cm³/mol. The van der Waals surface area contributed by atoms with E-state index in [9.17, 15) is 9.59 Å². The number of carbonyl (C=O) groups is 2. The van der Waals surface area contributed by atoms with E-state index in [0.717, 1.165) is 41.5 Å². The van der Waals surface area contributed by atoms with Gasteiger partial charge in [-0.1, -0.05) is 25.8 Å². The molecule has 1 heterocycles. The molecule has 3 N–H and O–H groups in total. The number of ether oxygens (including phenoxy) is 2. The van der Waals surface area contributed by atoms with Crippen LogP contribution < -0.4 is 11.3 Å². The van der Waals surface area contributed by atoms with Crippen molar-refractivity contribution in [2.75, 3.05) is 13.7 Å². The van der Waals surface area contributed by atoms with E-state index in [0.29, 0.717) is 24.5 Å². The van der Waals surface area contributed by atoms with Crippen LogP contribution in [0.25, 0.3) is 10.9 Å². The topological polar surface area (TPSA) is 95.6 Å². The number of nitrogens with one attached hydrogen (secondary N) is 1. The van der Waals surface area contributed by atoms with E-state index < -0.39 is 5.92 Å². The van der Waals surface area contributed by atoms with Crippen LogP contribution in [0.5, 0.6) is 0 Å². The average molecular weight is 428 g/mol. The summed E-state index contributed by atoms with van der Waals surface area (Å²) in [6.07, 6.45) is 6.91. The van der Waals surface area contributed by atoms with Gasteiger partial charge in [-0.05, 0) is 55.7 Å². The zero-order valence-corrected chi connectivity index (χ0v) is 18.5. The van der Waals surface area contributed by atoms with E-state index >= 15 is 0 Å². The number of hydrogen-bond acceptors (Lipinski definition) is 5. The first-order valence-electron chi connectivity index (χ1n) is 11.5. The third-order valence-corrected chi connectivity index (χ3v) is 6.86. The Hall–Kier alpha value is -2.38. The Bertz CT molecular complexity index is 961. The molecule has 2 aliphatic carbocycles. The predicted octanol–water partition coefficient (Wildman–Crippen LogP) is 3.95. The summed E-state index contributed by atoms with van der Waals surface area (Å²) >= 11 is 0. The fourth-order valence-corrected chi connectivity index (χ4v) is 5.43. The molecule has 0 saturated heterocycles. The molecule has 0 aliphatic heterocycles. The molecule has 7 nitrogen and oxygen atoms in total. The van der Waals surface area contributed by atoms with Crippen molar-refractivity contribution in [2.24, 2.45) is 11.8 Å². The number of hydrogen-bond donors (Lipinski definition) is 2. The molecule has 0 spiro atoms. The van der Waals surface area contributed by atoms with Gasteiger partial charge < -0.3 is 14.0 Å². The zero-order chi connectivity index (χ0) is 22.0. The van der Waals surface area contributed by atoms with E-state index in [1.165, 1.54) is 25.7 Å². The highest BCUT2D eigenvalue weighted by Gasteiger charge is 2.38. The van der Waals surface area contributed by atoms with E-state index in [1.54, 1.807) is 13.2 Å². The van der Waals surface area contributed by atoms with Crippen molar-refractivity contribution in [3.05, 3.63) is 35.0 Å². The van der Waals surface area contributed by atoms with Gasteiger partial charge in [0.1, 0.15) is 0 Å². The second-order valence-electron chi connectivity index (χ2n) is 8.76. The highest BCUT2D eigenvalue weighted by atomic mass is 16.5. The molecule has 2 aliphatic rings. The van der Waals surface area contributed by atoms with E-state index in [4.69, 9.17) is 15.3 Å². The maximum Gasteiger partial charge on any atom is 0.338 e. The normalized spacial score (nSPS) is 21.3. The standard InChI is InChI=1S/C24H33N3O4/c1-3-13-31-24(29)17-9-6-10-18-20(17)21-16(23(28)26-25)11-12-19(30-2)22(21)27(18)14-15-7-4-5-8-15/h6,9-10,15-16,19H,3-5,7-8,11-14,25H2,1-2H3,(H,26,28). The van der Waals surface area contributed by atoms with Crippen molar-refractivity contribution in [1.29, 1.82) is 0 Å². The quantitative estimate of drug-likeness (QED) is 0.302. The second kappa shape index (κ2) is 9.40. The van der Waals surface area contributed by atoms with Crippen LogP contribution in [0.3, 0.4) is 0 Å². The van der Waals surface area contributed by atoms with Crippen LogP contribution in [0, 0.1) is 5.92 Å². The van der Waals surface area contributed by atoms with Crippen LogP contribution >= 0.6 is 0 Å². The number of aromatic nitrogens is 1. The molecule has 7 heteroatoms. The van der Waals surface area contributed by atoms with Crippen molar-refractivity contribution >= 4 is 22.8 Å². The summed E-state index contributed by atoms with van der Waals surface area (Å²) in [6.45, 7) is 3.21. The number of esters is 1. The summed E-state index contributed by atoms with van der Waals surface area (Å²) in [5.41, 5.74) is 5.71. The van der Waals surface area contributed by atoms with Gasteiger partial charge in [0.2, 0.25) is 5.91 Å². The van der Waals surface area contributed by atoms with Gasteiger partial charge in [0.25, 0.3) is 0 Å². The molecule has 1 saturated carbocycles. The van der Waals surface area contributed by atoms with Gasteiger partial charge in [0.15, 0.2) is 0 Å². The first kappa shape index (κ1) is 21.8. The lowest BCUT2D eigenvalue weighted by Crippen LogP contribution is -2.37. The van der Waals surface area contributed by atoms with Crippen LogP contribution in [-0.2, 0) is 20.8 Å². The Morgan fingerprint density at radius 2 is 1.97 bits per heavy atom. The molecule has 1 amide bonds. The van der Waals surface area contributed by atoms with Crippen molar-refractivity contribution in [3.8, 4) is 0 Å². The highest BCUT2D eigenvalue weighted by Crippen LogP contribution is 2.46. The maximum atomic E-state index is 13.0. The molecular formula is C24H33N3O4. The number of fused-ring (bicyclic) bond motifs is 3. The molecule has 2 aromatic rings. The van der Waals surface area contributed by atoms with Crippen LogP contribution in [0.15, 0.2) is 18.2 Å². The van der Waals surface area contributed by atoms with Crippen molar-refractivity contribution in [2.45, 2.75) is 70.4 Å². The summed E-state index contributed by atoms with van der Waals surface area (Å²) in [5, 5.41) is 0.812. The summed E-state index contributed by atoms with van der Waals surface area (Å²) in [4.78, 5) is 25.7. The van der Waals surface area contributed by atoms with Crippen molar-refractivity contribution in [1.82, 2.24) is 9.99 Å². The fourth-order valence-electron chi connectivity index (χ4n) is 5.43. The molecule has 1 aromatic heterocycles. The third-order valence-electron chi connectivity index (χ3n) is 6.86. The number of nitrogens with two attached hydrogens (primary N) is 1. The van der Waals surface area contributed by atoms with E-state index in [2.05, 4.69) is 9.99 Å². The van der Waals surface area contributed by atoms with Gasteiger partial charge in [-0.3, -0.25) is 10.2 Å². The third kappa shape index (κ3) is 3.96. The maximum absolute atomic E-state index is 13.0. The van der Waals surface area contributed by atoms with Gasteiger partial charge in [-0.15, -0.1) is 0 Å². The summed E-state index contributed by atoms with van der Waals surface area (Å²) < 4.78 is 13.7. The minimum atomic E-state index is -0.418. The minimum Gasteiger partial charge on any atom is -0.462 e. The van der Waals surface area contributed by atoms with Crippen LogP contribution in [0.1, 0.15) is 85.5 Å². The lowest BCUT2D eigenvalue weighted by atomic mass is 9.82. The van der Waals surface area contributed by atoms with Crippen LogP contribution in [0.2, 0.25) is 0 Å². The Morgan fingerprint density at radius 3 is 2.65 bits per heavy atom. The molecule has 0 radical (unpaired) electrons. The summed E-state index contributed by atoms with van der Waals surface area (Å²) in [7, 11) is 1.71. The number of amides is 1. The van der Waals surface area contributed by atoms with Gasteiger partial charge >= 0.3 is 5.97 Å². The molecule has 1 aromatic carbocycles. The van der Waals surface area contributed by atoms with Gasteiger partial charge in [0, 0.05) is 24.6 Å². The number of nitrogens with zero attached hydrogens (tertiary/aromatic N) is 1. The molecule has 2 atom stereocenters. The fraction of sp³-hybridized carbons (Fsp3) is 0.583. The molecule has 1 fully saturated rings. The molecule has 2 unspecified atom stereocenters. The Morgan fingerprint density at radius 1 is 1.19 bits per heavy atom. The van der Waals surface area contributed by atoms with Crippen molar-refractivity contribution in [3.63, 3.8) is 0 Å². The number of methoxy groups -OCH3 is 1. The molecule has 4 rings (SSSR count). The van der Waals surface area contributed by atoms with Gasteiger partial charge in [-0.25, -0.2) is 10.6 Å². The lowest BCUT2D eigenvalue weighted by molar-refractivity contribution is -0.123. The highest BCUT2D eigenvalue weighted by molar-refractivity contribution is 6.07. The number of hydrazine groups is 1. The molecule has 0 bridgehead atoms. The number of rotatable bonds is 7. The van der Waals surface area contributed by atoms with E-state index in [-0.39, 0.29) is 18.0 Å². The number of benzene rings is 1. The van der Waals surface area contributed by atoms with E-state index in [1.807, 2.05) is 19.1 Å². The van der Waals surface area contributed by atoms with Gasteiger partial charge in [0.05, 0.1) is 29.9 Å². The smallest absolute Gasteiger partial charge is 0.338 e. The van der Waals surface area contributed by atoms with Crippen LogP contribution in [-0.4, -0.2) is 30.2 Å². The minimum absolute atomic E-state index is 0.120. The first-order valence-corrected chi connectivity index (χ1v) is 11.5. The molecule has 31 heavy (non-hydrogen) atoms. The lowest BCUT2D eigenvalue weighted by Gasteiger charge is -2.30. The SMILES string of the molecule is CCCOC(=O)c1cccc2c1c1c(n2CC2CCCC2)C(OC)CCC1C(=O)NN. The summed E-state index contributed by atoms with van der Waals surface area (Å²) in [6, 6.07) is 5.75. The van der Waals surface area contributed by atoms with Crippen molar-refractivity contribution < 1.29 is 19.1 Å². The Balaban J connectivity index is 1.95.